The molecular formula is C22H22N2O5S. The molecule has 0 amide bonds. The van der Waals surface area contributed by atoms with Crippen molar-refractivity contribution in [1.29, 1.82) is 0 Å². The van der Waals surface area contributed by atoms with E-state index in [0.717, 1.165) is 5.56 Å². The SMILES string of the molecule is CC(C)(O)c1cc2oc(-c3ccccc3)nc2cc1N.O=S(=O)(O)c1ccccc1. The summed E-state index contributed by atoms with van der Waals surface area (Å²) < 4.78 is 35.0. The number of hydrogen-bond donors (Lipinski definition) is 3. The molecule has 0 radical (unpaired) electrons. The quantitative estimate of drug-likeness (QED) is 0.330. The second-order valence-electron chi connectivity index (χ2n) is 7.14. The molecule has 7 nitrogen and oxygen atoms in total. The smallest absolute Gasteiger partial charge is 0.294 e. The lowest BCUT2D eigenvalue weighted by molar-refractivity contribution is 0.0794. The highest BCUT2D eigenvalue weighted by molar-refractivity contribution is 7.85. The van der Waals surface area contributed by atoms with Gasteiger partial charge in [-0.1, -0.05) is 36.4 Å². The van der Waals surface area contributed by atoms with Gasteiger partial charge in [0, 0.05) is 16.8 Å². The Labute approximate surface area is 174 Å². The zero-order valence-corrected chi connectivity index (χ0v) is 17.3. The molecule has 0 fully saturated rings. The number of nitrogens with zero attached hydrogens (tertiary/aromatic N) is 1. The van der Waals surface area contributed by atoms with Crippen molar-refractivity contribution in [2.24, 2.45) is 0 Å². The summed E-state index contributed by atoms with van der Waals surface area (Å²) in [4.78, 5) is 4.36. The van der Waals surface area contributed by atoms with Crippen molar-refractivity contribution in [3.63, 3.8) is 0 Å². The fourth-order valence-corrected chi connectivity index (χ4v) is 3.32. The number of nitrogen functional groups attached to an aromatic ring is 1. The average Bonchev–Trinajstić information content (AvgIpc) is 3.11. The van der Waals surface area contributed by atoms with E-state index in [1.165, 1.54) is 12.1 Å². The molecule has 0 spiro atoms. The topological polar surface area (TPSA) is 127 Å². The highest BCUT2D eigenvalue weighted by atomic mass is 32.2. The van der Waals surface area contributed by atoms with Crippen LogP contribution in [0.25, 0.3) is 22.6 Å². The second-order valence-corrected chi connectivity index (χ2v) is 8.56. The molecule has 4 N–H and O–H groups in total. The maximum Gasteiger partial charge on any atom is 0.294 e. The normalized spacial score (nSPS) is 11.7. The van der Waals surface area contributed by atoms with Crippen LogP contribution in [0.3, 0.4) is 0 Å². The third-order valence-corrected chi connectivity index (χ3v) is 5.15. The Hall–Kier alpha value is -3.20. The number of benzene rings is 3. The minimum absolute atomic E-state index is 0.0741. The van der Waals surface area contributed by atoms with E-state index in [9.17, 15) is 13.5 Å². The molecule has 0 saturated heterocycles. The largest absolute Gasteiger partial charge is 0.436 e. The maximum atomic E-state index is 10.4. The van der Waals surface area contributed by atoms with E-state index in [4.69, 9.17) is 14.7 Å². The minimum atomic E-state index is -4.00. The van der Waals surface area contributed by atoms with Crippen LogP contribution in [0, 0.1) is 0 Å². The molecule has 4 rings (SSSR count). The highest BCUT2D eigenvalue weighted by Gasteiger charge is 2.21. The van der Waals surface area contributed by atoms with Crippen molar-refractivity contribution in [3.8, 4) is 11.5 Å². The number of oxazole rings is 1. The predicted octanol–water partition coefficient (Wildman–Crippen LogP) is 4.24. The molecule has 0 atom stereocenters. The van der Waals surface area contributed by atoms with Crippen molar-refractivity contribution in [2.75, 3.05) is 5.73 Å². The van der Waals surface area contributed by atoms with Gasteiger partial charge in [0.05, 0.1) is 10.5 Å². The molecule has 0 bridgehead atoms. The van der Waals surface area contributed by atoms with E-state index < -0.39 is 15.7 Å². The molecule has 0 saturated carbocycles. The Morgan fingerprint density at radius 2 is 1.53 bits per heavy atom. The highest BCUT2D eigenvalue weighted by Crippen LogP contribution is 2.32. The summed E-state index contributed by atoms with van der Waals surface area (Å²) in [6.07, 6.45) is 0. The molecule has 1 aromatic heterocycles. The summed E-state index contributed by atoms with van der Waals surface area (Å²) in [6.45, 7) is 3.39. The second kappa shape index (κ2) is 8.27. The lowest BCUT2D eigenvalue weighted by Gasteiger charge is -2.19. The number of hydrogen-bond acceptors (Lipinski definition) is 6. The van der Waals surface area contributed by atoms with Crippen molar-refractivity contribution in [1.82, 2.24) is 4.98 Å². The van der Waals surface area contributed by atoms with E-state index in [1.54, 1.807) is 44.2 Å². The first-order chi connectivity index (χ1) is 14.1. The molecule has 0 aliphatic rings. The lowest BCUT2D eigenvalue weighted by Crippen LogP contribution is -2.17. The van der Waals surface area contributed by atoms with Crippen LogP contribution in [-0.2, 0) is 15.7 Å². The Morgan fingerprint density at radius 3 is 2.03 bits per heavy atom. The van der Waals surface area contributed by atoms with Crippen LogP contribution in [0.4, 0.5) is 5.69 Å². The molecule has 1 heterocycles. The van der Waals surface area contributed by atoms with E-state index in [0.29, 0.717) is 28.2 Å². The van der Waals surface area contributed by atoms with Gasteiger partial charge in [-0.3, -0.25) is 4.55 Å². The zero-order chi connectivity index (χ0) is 21.9. The fourth-order valence-electron chi connectivity index (χ4n) is 2.82. The molecule has 0 aliphatic heterocycles. The summed E-state index contributed by atoms with van der Waals surface area (Å²) in [5, 5.41) is 10.1. The Morgan fingerprint density at radius 1 is 0.967 bits per heavy atom. The van der Waals surface area contributed by atoms with Crippen LogP contribution >= 0.6 is 0 Å². The Balaban J connectivity index is 0.000000216. The van der Waals surface area contributed by atoms with Gasteiger partial charge in [-0.05, 0) is 50.2 Å². The summed E-state index contributed by atoms with van der Waals surface area (Å²) in [5.74, 6) is 0.549. The van der Waals surface area contributed by atoms with E-state index in [-0.39, 0.29) is 4.90 Å². The van der Waals surface area contributed by atoms with Crippen LogP contribution in [0.2, 0.25) is 0 Å². The Kier molecular flexibility index (Phi) is 5.93. The van der Waals surface area contributed by atoms with E-state index in [2.05, 4.69) is 4.98 Å². The molecule has 30 heavy (non-hydrogen) atoms. The number of aliphatic hydroxyl groups is 1. The van der Waals surface area contributed by atoms with Gasteiger partial charge in [-0.25, -0.2) is 4.98 Å². The molecule has 0 unspecified atom stereocenters. The van der Waals surface area contributed by atoms with Gasteiger partial charge < -0.3 is 15.3 Å². The monoisotopic (exact) mass is 426 g/mol. The summed E-state index contributed by atoms with van der Waals surface area (Å²) in [6, 6.07) is 20.6. The van der Waals surface area contributed by atoms with Crippen LogP contribution in [0.15, 0.2) is 82.1 Å². The number of rotatable bonds is 3. The van der Waals surface area contributed by atoms with Crippen LogP contribution in [0.1, 0.15) is 19.4 Å². The van der Waals surface area contributed by atoms with Crippen LogP contribution in [-0.4, -0.2) is 23.1 Å². The van der Waals surface area contributed by atoms with Crippen molar-refractivity contribution >= 4 is 26.9 Å². The van der Waals surface area contributed by atoms with Gasteiger partial charge in [0.15, 0.2) is 5.58 Å². The molecular weight excluding hydrogens is 404 g/mol. The first-order valence-electron chi connectivity index (χ1n) is 9.06. The van der Waals surface area contributed by atoms with E-state index in [1.807, 2.05) is 30.3 Å². The molecule has 0 aliphatic carbocycles. The van der Waals surface area contributed by atoms with Gasteiger partial charge in [0.1, 0.15) is 5.52 Å². The fraction of sp³-hybridized carbons (Fsp3) is 0.136. The van der Waals surface area contributed by atoms with Gasteiger partial charge in [-0.15, -0.1) is 0 Å². The maximum absolute atomic E-state index is 10.4. The summed E-state index contributed by atoms with van der Waals surface area (Å²) in [7, 11) is -4.00. The molecule has 156 valence electrons. The number of aromatic nitrogens is 1. The van der Waals surface area contributed by atoms with Gasteiger partial charge >= 0.3 is 0 Å². The summed E-state index contributed by atoms with van der Waals surface area (Å²) >= 11 is 0. The lowest BCUT2D eigenvalue weighted by atomic mass is 9.96. The predicted molar refractivity (Wildman–Crippen MR) is 115 cm³/mol. The average molecular weight is 426 g/mol. The standard InChI is InChI=1S/C16H16N2O2.C6H6O3S/c1-16(2,19)11-8-14-13(9-12(11)17)18-15(20-14)10-6-4-3-5-7-10;7-10(8,9)6-4-2-1-3-5-6/h3-9,19H,17H2,1-2H3;1-5H,(H,7,8,9). The first-order valence-corrected chi connectivity index (χ1v) is 10.5. The molecule has 3 aromatic carbocycles. The summed E-state index contributed by atoms with van der Waals surface area (Å²) in [5.41, 5.74) is 8.33. The molecule has 4 aromatic rings. The van der Waals surface area contributed by atoms with Gasteiger partial charge in [0.2, 0.25) is 5.89 Å². The third-order valence-electron chi connectivity index (χ3n) is 4.28. The first kappa shape index (κ1) is 21.5. The van der Waals surface area contributed by atoms with Gasteiger partial charge in [-0.2, -0.15) is 8.42 Å². The third kappa shape index (κ3) is 5.04. The van der Waals surface area contributed by atoms with Crippen LogP contribution in [0.5, 0.6) is 0 Å². The van der Waals surface area contributed by atoms with Crippen LogP contribution < -0.4 is 5.73 Å². The van der Waals surface area contributed by atoms with Crippen molar-refractivity contribution in [3.05, 3.63) is 78.4 Å². The Bertz CT molecular complexity index is 1250. The number of fused-ring (bicyclic) bond motifs is 1. The minimum Gasteiger partial charge on any atom is -0.436 e. The number of anilines is 1. The van der Waals surface area contributed by atoms with Crippen molar-refractivity contribution in [2.45, 2.75) is 24.3 Å². The molecule has 8 heteroatoms. The zero-order valence-electron chi connectivity index (χ0n) is 16.5. The van der Waals surface area contributed by atoms with Gasteiger partial charge in [0.25, 0.3) is 10.1 Å². The van der Waals surface area contributed by atoms with Crippen molar-refractivity contribution < 1.29 is 22.5 Å². The van der Waals surface area contributed by atoms with E-state index >= 15 is 0 Å². The number of nitrogens with two attached hydrogens (primary N) is 1.